The Bertz CT molecular complexity index is 1020. The van der Waals surface area contributed by atoms with E-state index in [4.69, 9.17) is 4.74 Å². The standard InChI is InChI=1S/C27H36N4O3/c1-20(2)17-27(23-8-6-5-7-9-23)25(32)31(26(33)28-27)19-30-14-12-29(13-15-30)18-22-16-21(3)10-11-24(22)34-4/h5-11,16,20H,12-15,17-19H2,1-4H3,(H,28,33). The highest BCUT2D eigenvalue weighted by atomic mass is 16.5. The van der Waals surface area contributed by atoms with Gasteiger partial charge in [0.05, 0.1) is 13.8 Å². The molecule has 2 heterocycles. The molecule has 0 bridgehead atoms. The van der Waals surface area contributed by atoms with Crippen LogP contribution in [0.4, 0.5) is 4.79 Å². The highest BCUT2D eigenvalue weighted by Gasteiger charge is 2.52. The van der Waals surface area contributed by atoms with Crippen LogP contribution >= 0.6 is 0 Å². The van der Waals surface area contributed by atoms with Crippen LogP contribution in [0.25, 0.3) is 0 Å². The van der Waals surface area contributed by atoms with E-state index >= 15 is 0 Å². The fraction of sp³-hybridized carbons (Fsp3) is 0.481. The number of piperazine rings is 1. The average molecular weight is 465 g/mol. The lowest BCUT2D eigenvalue weighted by molar-refractivity contribution is -0.134. The van der Waals surface area contributed by atoms with Crippen molar-refractivity contribution in [3.05, 3.63) is 65.2 Å². The molecule has 4 rings (SSSR count). The van der Waals surface area contributed by atoms with Crippen molar-refractivity contribution in [3.8, 4) is 5.75 Å². The van der Waals surface area contributed by atoms with Gasteiger partial charge in [0.2, 0.25) is 0 Å². The maximum atomic E-state index is 13.6. The van der Waals surface area contributed by atoms with E-state index in [2.05, 4.69) is 48.0 Å². The molecule has 3 amide bonds. The number of benzene rings is 2. The third-order valence-electron chi connectivity index (χ3n) is 6.79. The van der Waals surface area contributed by atoms with Crippen LogP contribution in [0.5, 0.6) is 5.75 Å². The molecule has 0 radical (unpaired) electrons. The molecule has 0 saturated carbocycles. The van der Waals surface area contributed by atoms with Gasteiger partial charge < -0.3 is 10.1 Å². The molecule has 182 valence electrons. The molecule has 1 unspecified atom stereocenters. The Morgan fingerprint density at radius 1 is 1.00 bits per heavy atom. The number of aryl methyl sites for hydroxylation is 1. The minimum atomic E-state index is -0.990. The van der Waals surface area contributed by atoms with Crippen LogP contribution in [0.3, 0.4) is 0 Å². The highest BCUT2D eigenvalue weighted by molar-refractivity contribution is 6.07. The lowest BCUT2D eigenvalue weighted by atomic mass is 9.82. The second kappa shape index (κ2) is 10.2. The Kier molecular flexibility index (Phi) is 7.24. The minimum absolute atomic E-state index is 0.149. The quantitative estimate of drug-likeness (QED) is 0.605. The van der Waals surface area contributed by atoms with Gasteiger partial charge in [0.1, 0.15) is 11.3 Å². The van der Waals surface area contributed by atoms with Crippen molar-refractivity contribution in [3.63, 3.8) is 0 Å². The first-order valence-electron chi connectivity index (χ1n) is 12.1. The zero-order chi connectivity index (χ0) is 24.3. The van der Waals surface area contributed by atoms with Gasteiger partial charge in [-0.2, -0.15) is 0 Å². The van der Waals surface area contributed by atoms with Crippen LogP contribution in [0.15, 0.2) is 48.5 Å². The second-order valence-corrected chi connectivity index (χ2v) is 9.88. The van der Waals surface area contributed by atoms with Crippen molar-refractivity contribution in [2.24, 2.45) is 5.92 Å². The minimum Gasteiger partial charge on any atom is -0.496 e. The predicted molar refractivity (Wildman–Crippen MR) is 132 cm³/mol. The normalized spacial score (nSPS) is 21.9. The fourth-order valence-corrected chi connectivity index (χ4v) is 5.10. The summed E-state index contributed by atoms with van der Waals surface area (Å²) < 4.78 is 5.53. The number of nitrogens with one attached hydrogen (secondary N) is 1. The maximum Gasteiger partial charge on any atom is 0.326 e. The first-order chi connectivity index (χ1) is 16.3. The Hall–Kier alpha value is -2.90. The third-order valence-corrected chi connectivity index (χ3v) is 6.79. The summed E-state index contributed by atoms with van der Waals surface area (Å²) in [6, 6.07) is 15.6. The number of amides is 3. The molecule has 7 nitrogen and oxygen atoms in total. The lowest BCUT2D eigenvalue weighted by Gasteiger charge is -2.36. The summed E-state index contributed by atoms with van der Waals surface area (Å²) in [5, 5.41) is 3.05. The molecule has 1 atom stereocenters. The van der Waals surface area contributed by atoms with E-state index in [9.17, 15) is 9.59 Å². The van der Waals surface area contributed by atoms with Crippen LogP contribution in [-0.4, -0.2) is 66.6 Å². The van der Waals surface area contributed by atoms with Crippen molar-refractivity contribution in [2.45, 2.75) is 39.3 Å². The molecule has 2 aliphatic rings. The fourth-order valence-electron chi connectivity index (χ4n) is 5.10. The Balaban J connectivity index is 1.41. The molecular weight excluding hydrogens is 428 g/mol. The van der Waals surface area contributed by atoms with Crippen LogP contribution < -0.4 is 10.1 Å². The Morgan fingerprint density at radius 3 is 2.32 bits per heavy atom. The van der Waals surface area contributed by atoms with Gasteiger partial charge in [-0.15, -0.1) is 0 Å². The van der Waals surface area contributed by atoms with Gasteiger partial charge >= 0.3 is 6.03 Å². The number of ether oxygens (including phenoxy) is 1. The molecule has 0 aromatic heterocycles. The molecule has 2 aliphatic heterocycles. The monoisotopic (exact) mass is 464 g/mol. The van der Waals surface area contributed by atoms with E-state index in [0.717, 1.165) is 44.0 Å². The van der Waals surface area contributed by atoms with Crippen molar-refractivity contribution < 1.29 is 14.3 Å². The number of methoxy groups -OCH3 is 1. The van der Waals surface area contributed by atoms with E-state index in [-0.39, 0.29) is 17.9 Å². The molecule has 0 spiro atoms. The van der Waals surface area contributed by atoms with Crippen molar-refractivity contribution in [1.82, 2.24) is 20.0 Å². The molecule has 2 aromatic rings. The van der Waals surface area contributed by atoms with Crippen molar-refractivity contribution in [2.75, 3.05) is 40.0 Å². The number of nitrogens with zero attached hydrogens (tertiary/aromatic N) is 3. The van der Waals surface area contributed by atoms with E-state index in [1.54, 1.807) is 7.11 Å². The molecular formula is C27H36N4O3. The number of rotatable bonds is 8. The van der Waals surface area contributed by atoms with E-state index < -0.39 is 5.54 Å². The first kappa shape index (κ1) is 24.2. The first-order valence-corrected chi connectivity index (χ1v) is 12.1. The highest BCUT2D eigenvalue weighted by Crippen LogP contribution is 2.35. The lowest BCUT2D eigenvalue weighted by Crippen LogP contribution is -2.51. The number of urea groups is 1. The van der Waals surface area contributed by atoms with Gasteiger partial charge in [-0.3, -0.25) is 14.6 Å². The SMILES string of the molecule is COc1ccc(C)cc1CN1CCN(CN2C(=O)NC(CC(C)C)(c3ccccc3)C2=O)CC1. The van der Waals surface area contributed by atoms with Crippen LogP contribution in [-0.2, 0) is 16.9 Å². The predicted octanol–water partition coefficient (Wildman–Crippen LogP) is 3.57. The second-order valence-electron chi connectivity index (χ2n) is 9.88. The molecule has 7 heteroatoms. The van der Waals surface area contributed by atoms with Gasteiger partial charge in [-0.25, -0.2) is 9.69 Å². The van der Waals surface area contributed by atoms with E-state index in [1.807, 2.05) is 36.4 Å². The molecule has 2 aromatic carbocycles. The Labute approximate surface area is 202 Å². The summed E-state index contributed by atoms with van der Waals surface area (Å²) in [5.74, 6) is 1.02. The molecule has 2 saturated heterocycles. The van der Waals surface area contributed by atoms with Gasteiger partial charge in [-0.05, 0) is 30.9 Å². The van der Waals surface area contributed by atoms with Crippen LogP contribution in [0.1, 0.15) is 37.0 Å². The number of imide groups is 1. The Morgan fingerprint density at radius 2 is 1.68 bits per heavy atom. The molecule has 0 aliphatic carbocycles. The van der Waals surface area contributed by atoms with Gasteiger partial charge in [-0.1, -0.05) is 61.9 Å². The summed E-state index contributed by atoms with van der Waals surface area (Å²) in [6.07, 6.45) is 0.574. The summed E-state index contributed by atoms with van der Waals surface area (Å²) in [7, 11) is 1.71. The largest absolute Gasteiger partial charge is 0.496 e. The van der Waals surface area contributed by atoms with Crippen molar-refractivity contribution in [1.29, 1.82) is 0 Å². The molecule has 2 fully saturated rings. The summed E-state index contributed by atoms with van der Waals surface area (Å²) in [6.45, 7) is 10.7. The van der Waals surface area contributed by atoms with E-state index in [1.165, 1.54) is 16.0 Å². The topological polar surface area (TPSA) is 65.1 Å². The number of carbonyl (C=O) groups is 2. The van der Waals surface area contributed by atoms with Gasteiger partial charge in [0, 0.05) is 38.3 Å². The summed E-state index contributed by atoms with van der Waals surface area (Å²) in [4.78, 5) is 32.6. The van der Waals surface area contributed by atoms with Crippen LogP contribution in [0, 0.1) is 12.8 Å². The van der Waals surface area contributed by atoms with Gasteiger partial charge in [0.25, 0.3) is 5.91 Å². The average Bonchev–Trinajstić information content (AvgIpc) is 3.05. The van der Waals surface area contributed by atoms with Gasteiger partial charge in [0.15, 0.2) is 0 Å². The molecule has 34 heavy (non-hydrogen) atoms. The summed E-state index contributed by atoms with van der Waals surface area (Å²) >= 11 is 0. The van der Waals surface area contributed by atoms with E-state index in [0.29, 0.717) is 13.1 Å². The number of hydrogen-bond donors (Lipinski definition) is 1. The van der Waals surface area contributed by atoms with Crippen LogP contribution in [0.2, 0.25) is 0 Å². The third kappa shape index (κ3) is 4.95. The molecule has 1 N–H and O–H groups in total. The number of hydrogen-bond acceptors (Lipinski definition) is 5. The zero-order valence-electron chi connectivity index (χ0n) is 20.7. The maximum absolute atomic E-state index is 13.6. The summed E-state index contributed by atoms with van der Waals surface area (Å²) in [5.41, 5.74) is 2.26. The number of carbonyl (C=O) groups excluding carboxylic acids is 2. The zero-order valence-corrected chi connectivity index (χ0v) is 20.7. The smallest absolute Gasteiger partial charge is 0.326 e. The van der Waals surface area contributed by atoms with Crippen molar-refractivity contribution >= 4 is 11.9 Å².